The van der Waals surface area contributed by atoms with Crippen LogP contribution in [0.1, 0.15) is 34.8 Å². The van der Waals surface area contributed by atoms with Crippen LogP contribution < -0.4 is 15.0 Å². The van der Waals surface area contributed by atoms with Crippen molar-refractivity contribution in [3.8, 4) is 5.75 Å². The number of methoxy groups -OCH3 is 1. The van der Waals surface area contributed by atoms with Crippen LogP contribution in [-0.2, 0) is 0 Å². The number of ether oxygens (including phenoxy) is 1. The van der Waals surface area contributed by atoms with E-state index in [0.717, 1.165) is 24.4 Å². The van der Waals surface area contributed by atoms with Gasteiger partial charge in [0.25, 0.3) is 11.6 Å². The molecule has 2 aromatic carbocycles. The van der Waals surface area contributed by atoms with Gasteiger partial charge in [0.1, 0.15) is 16.8 Å². The van der Waals surface area contributed by atoms with Crippen molar-refractivity contribution in [1.29, 1.82) is 0 Å². The monoisotopic (exact) mass is 404 g/mol. The molecular formula is C20H23ClN3O4+. The molecule has 0 spiro atoms. The maximum absolute atomic E-state index is 12.6. The molecule has 0 aliphatic carbocycles. The van der Waals surface area contributed by atoms with Gasteiger partial charge in [-0.2, -0.15) is 0 Å². The second kappa shape index (κ2) is 9.03. The van der Waals surface area contributed by atoms with Gasteiger partial charge in [0, 0.05) is 30.0 Å². The van der Waals surface area contributed by atoms with Crippen molar-refractivity contribution in [2.75, 3.05) is 26.7 Å². The Morgan fingerprint density at radius 1 is 1.25 bits per heavy atom. The van der Waals surface area contributed by atoms with Crippen molar-refractivity contribution in [3.63, 3.8) is 0 Å². The third-order valence-electron chi connectivity index (χ3n) is 5.13. The Morgan fingerprint density at radius 3 is 2.54 bits per heavy atom. The van der Waals surface area contributed by atoms with Gasteiger partial charge in [-0.15, -0.1) is 0 Å². The van der Waals surface area contributed by atoms with E-state index < -0.39 is 4.92 Å². The lowest BCUT2D eigenvalue weighted by molar-refractivity contribution is -0.918. The van der Waals surface area contributed by atoms with Gasteiger partial charge in [-0.05, 0) is 36.4 Å². The number of amides is 1. The molecule has 1 atom stereocenters. The minimum Gasteiger partial charge on any atom is -0.497 e. The van der Waals surface area contributed by atoms with Crippen molar-refractivity contribution in [2.24, 2.45) is 0 Å². The van der Waals surface area contributed by atoms with Crippen molar-refractivity contribution in [2.45, 2.75) is 18.9 Å². The van der Waals surface area contributed by atoms with Crippen molar-refractivity contribution in [3.05, 3.63) is 68.7 Å². The van der Waals surface area contributed by atoms with Crippen LogP contribution >= 0.6 is 11.6 Å². The highest BCUT2D eigenvalue weighted by Crippen LogP contribution is 2.25. The van der Waals surface area contributed by atoms with Gasteiger partial charge in [-0.25, -0.2) is 0 Å². The molecule has 3 rings (SSSR count). The van der Waals surface area contributed by atoms with Crippen molar-refractivity contribution in [1.82, 2.24) is 5.32 Å². The zero-order chi connectivity index (χ0) is 20.1. The lowest BCUT2D eigenvalue weighted by Crippen LogP contribution is -3.11. The second-order valence-electron chi connectivity index (χ2n) is 6.82. The fraction of sp³-hybridized carbons (Fsp3) is 0.350. The molecule has 2 N–H and O–H groups in total. The molecule has 1 aliphatic rings. The average molecular weight is 405 g/mol. The van der Waals surface area contributed by atoms with Gasteiger partial charge >= 0.3 is 0 Å². The first-order valence-electron chi connectivity index (χ1n) is 9.20. The van der Waals surface area contributed by atoms with Gasteiger partial charge in [-0.3, -0.25) is 14.9 Å². The number of nitrogens with one attached hydrogen (secondary N) is 2. The molecule has 0 saturated carbocycles. The summed E-state index contributed by atoms with van der Waals surface area (Å²) in [6.45, 7) is 2.55. The van der Waals surface area contributed by atoms with Gasteiger partial charge in [-0.1, -0.05) is 11.6 Å². The SMILES string of the molecule is COc1ccc([C@H](CNC(=O)c2ccc(Cl)c([N+](=O)[O-])c2)[NH+]2CCCC2)cc1. The highest BCUT2D eigenvalue weighted by Gasteiger charge is 2.28. The molecule has 0 radical (unpaired) electrons. The molecule has 0 bridgehead atoms. The first kappa shape index (κ1) is 20.1. The number of hydrogen-bond donors (Lipinski definition) is 2. The Labute approximate surface area is 168 Å². The fourth-order valence-electron chi connectivity index (χ4n) is 3.60. The molecule has 2 aromatic rings. The number of nitro benzene ring substituents is 1. The third-order valence-corrected chi connectivity index (χ3v) is 5.45. The first-order valence-corrected chi connectivity index (χ1v) is 9.58. The predicted octanol–water partition coefficient (Wildman–Crippen LogP) is 2.41. The first-order chi connectivity index (χ1) is 13.5. The highest BCUT2D eigenvalue weighted by atomic mass is 35.5. The average Bonchev–Trinajstić information content (AvgIpc) is 3.23. The van der Waals surface area contributed by atoms with E-state index in [9.17, 15) is 14.9 Å². The zero-order valence-corrected chi connectivity index (χ0v) is 16.4. The maximum atomic E-state index is 12.6. The summed E-state index contributed by atoms with van der Waals surface area (Å²) in [4.78, 5) is 24.5. The van der Waals surface area contributed by atoms with E-state index in [4.69, 9.17) is 16.3 Å². The molecule has 28 heavy (non-hydrogen) atoms. The van der Waals surface area contributed by atoms with Crippen molar-refractivity contribution >= 4 is 23.2 Å². The summed E-state index contributed by atoms with van der Waals surface area (Å²) in [5.74, 6) is 0.438. The van der Waals surface area contributed by atoms with E-state index in [2.05, 4.69) is 5.32 Å². The van der Waals surface area contributed by atoms with Gasteiger partial charge in [0.15, 0.2) is 0 Å². The molecule has 1 amide bonds. The van der Waals surface area contributed by atoms with Gasteiger partial charge in [0.2, 0.25) is 0 Å². The van der Waals surface area contributed by atoms with E-state index in [1.54, 1.807) is 7.11 Å². The number of hydrogen-bond acceptors (Lipinski definition) is 4. The molecule has 1 aliphatic heterocycles. The molecule has 7 nitrogen and oxygen atoms in total. The number of likely N-dealkylation sites (tertiary alicyclic amines) is 1. The number of carbonyl (C=O) groups is 1. The standard InChI is InChI=1S/C20H22ClN3O4/c1-28-16-7-4-14(5-8-16)19(23-10-2-3-11-23)13-22-20(25)15-6-9-17(21)18(12-15)24(26)27/h4-9,12,19H,2-3,10-11,13H2,1H3,(H,22,25)/p+1/t19-/m0/s1. The topological polar surface area (TPSA) is 85.9 Å². The summed E-state index contributed by atoms with van der Waals surface area (Å²) in [6.07, 6.45) is 2.33. The largest absolute Gasteiger partial charge is 0.497 e. The number of quaternary nitrogens is 1. The van der Waals surface area contributed by atoms with E-state index in [-0.39, 0.29) is 28.2 Å². The number of nitrogens with zero attached hydrogens (tertiary/aromatic N) is 1. The summed E-state index contributed by atoms with van der Waals surface area (Å²) >= 11 is 5.83. The number of nitro groups is 1. The number of halogens is 1. The Balaban J connectivity index is 1.75. The fourth-order valence-corrected chi connectivity index (χ4v) is 3.79. The zero-order valence-electron chi connectivity index (χ0n) is 15.6. The Hall–Kier alpha value is -2.64. The van der Waals surface area contributed by atoms with Crippen LogP contribution in [0.2, 0.25) is 5.02 Å². The summed E-state index contributed by atoms with van der Waals surface area (Å²) in [5, 5.41) is 14.0. The van der Waals surface area contributed by atoms with E-state index >= 15 is 0 Å². The quantitative estimate of drug-likeness (QED) is 0.548. The molecule has 8 heteroatoms. The molecule has 0 unspecified atom stereocenters. The Kier molecular flexibility index (Phi) is 6.49. The molecule has 1 fully saturated rings. The van der Waals surface area contributed by atoms with Crippen molar-refractivity contribution < 1.29 is 19.4 Å². The summed E-state index contributed by atoms with van der Waals surface area (Å²) in [7, 11) is 1.63. The summed E-state index contributed by atoms with van der Waals surface area (Å²) in [5.41, 5.74) is 1.08. The van der Waals surface area contributed by atoms with Gasteiger partial charge < -0.3 is 15.0 Å². The normalized spacial score (nSPS) is 15.2. The van der Waals surface area contributed by atoms with E-state index in [0.29, 0.717) is 6.54 Å². The Morgan fingerprint density at radius 2 is 1.93 bits per heavy atom. The van der Waals surface area contributed by atoms with Crippen LogP contribution in [0.25, 0.3) is 0 Å². The second-order valence-corrected chi connectivity index (χ2v) is 7.23. The lowest BCUT2D eigenvalue weighted by atomic mass is 10.0. The number of benzene rings is 2. The smallest absolute Gasteiger partial charge is 0.288 e. The van der Waals surface area contributed by atoms with Crippen LogP contribution in [0, 0.1) is 10.1 Å². The van der Waals surface area contributed by atoms with E-state index in [1.807, 2.05) is 24.3 Å². The molecule has 1 saturated heterocycles. The van der Waals surface area contributed by atoms with Crippen LogP contribution in [0.3, 0.4) is 0 Å². The van der Waals surface area contributed by atoms with Crippen LogP contribution in [0.15, 0.2) is 42.5 Å². The van der Waals surface area contributed by atoms with Crippen LogP contribution in [0.5, 0.6) is 5.75 Å². The lowest BCUT2D eigenvalue weighted by Gasteiger charge is -2.25. The molecular weight excluding hydrogens is 382 g/mol. The third kappa shape index (κ3) is 4.61. The van der Waals surface area contributed by atoms with E-state index in [1.165, 1.54) is 35.9 Å². The van der Waals surface area contributed by atoms with Gasteiger partial charge in [0.05, 0.1) is 31.7 Å². The number of carbonyl (C=O) groups excluding carboxylic acids is 1. The molecule has 0 aromatic heterocycles. The minimum atomic E-state index is -0.590. The maximum Gasteiger partial charge on any atom is 0.288 e. The highest BCUT2D eigenvalue weighted by molar-refractivity contribution is 6.32. The predicted molar refractivity (Wildman–Crippen MR) is 106 cm³/mol. The summed E-state index contributed by atoms with van der Waals surface area (Å²) in [6, 6.07) is 12.1. The molecule has 1 heterocycles. The summed E-state index contributed by atoms with van der Waals surface area (Å²) < 4.78 is 5.23. The Bertz CT molecular complexity index is 851. The molecule has 148 valence electrons. The van der Waals surface area contributed by atoms with Crippen LogP contribution in [0.4, 0.5) is 5.69 Å². The number of rotatable bonds is 7. The van der Waals surface area contributed by atoms with Crippen LogP contribution in [-0.4, -0.2) is 37.6 Å². The minimum absolute atomic E-state index is 0.0131.